The first-order valence-electron chi connectivity index (χ1n) is 11.4. The normalized spacial score (nSPS) is 11.9. The molecule has 14 heteroatoms. The second kappa shape index (κ2) is 12.0. The fraction of sp³-hybridized carbons (Fsp3) is 0.160. The Balaban J connectivity index is 1.62. The number of hydrogen-bond donors (Lipinski definition) is 3. The van der Waals surface area contributed by atoms with Crippen molar-refractivity contribution in [3.63, 3.8) is 0 Å². The third-order valence-corrected chi connectivity index (χ3v) is 7.24. The summed E-state index contributed by atoms with van der Waals surface area (Å²) in [7, 11) is -3.40. The molecule has 0 radical (unpaired) electrons. The smallest absolute Gasteiger partial charge is 0.360 e. The summed E-state index contributed by atoms with van der Waals surface area (Å²) in [6, 6.07) is 11.7. The topological polar surface area (TPSA) is 164 Å². The van der Waals surface area contributed by atoms with E-state index in [1.165, 1.54) is 30.9 Å². The summed E-state index contributed by atoms with van der Waals surface area (Å²) in [6.07, 6.45) is 3.79. The number of rotatable bonds is 10. The number of carbonyl (C=O) groups excluding carboxylic acids is 2. The lowest BCUT2D eigenvalue weighted by Crippen LogP contribution is -2.53. The van der Waals surface area contributed by atoms with E-state index >= 15 is 0 Å². The molecule has 1 unspecified atom stereocenters. The van der Waals surface area contributed by atoms with Crippen molar-refractivity contribution in [2.75, 3.05) is 23.3 Å². The Labute approximate surface area is 228 Å². The number of hydrogen-bond acceptors (Lipinski definition) is 9. The first-order chi connectivity index (χ1) is 18.7. The number of ether oxygens (including phenoxy) is 1. The molecule has 2 amide bonds. The van der Waals surface area contributed by atoms with Crippen LogP contribution in [0.3, 0.4) is 0 Å². The zero-order chi connectivity index (χ0) is 28.0. The molecular weight excluding hydrogens is 544 g/mol. The summed E-state index contributed by atoms with van der Waals surface area (Å²) in [5.41, 5.74) is 2.33. The SMILES string of the molecule is COc1ccc(-c2csc(NC(=O)C(CNC(=O)c3cncnc3)N(c3ccc(C)cc3)S(=O)(=O)O)n2)cc1. The van der Waals surface area contributed by atoms with Crippen LogP contribution in [0.25, 0.3) is 11.3 Å². The largest absolute Gasteiger partial charge is 0.497 e. The van der Waals surface area contributed by atoms with Gasteiger partial charge in [-0.05, 0) is 43.3 Å². The molecule has 3 N–H and O–H groups in total. The van der Waals surface area contributed by atoms with Crippen molar-refractivity contribution in [3.8, 4) is 17.0 Å². The van der Waals surface area contributed by atoms with Gasteiger partial charge in [-0.25, -0.2) is 19.3 Å². The molecule has 39 heavy (non-hydrogen) atoms. The number of aryl methyl sites for hydroxylation is 1. The highest BCUT2D eigenvalue weighted by Crippen LogP contribution is 2.27. The number of carbonyl (C=O) groups is 2. The third-order valence-electron chi connectivity index (χ3n) is 5.52. The molecule has 0 aliphatic heterocycles. The highest BCUT2D eigenvalue weighted by Gasteiger charge is 2.35. The zero-order valence-corrected chi connectivity index (χ0v) is 22.4. The number of methoxy groups -OCH3 is 1. The highest BCUT2D eigenvalue weighted by molar-refractivity contribution is 7.87. The van der Waals surface area contributed by atoms with E-state index in [-0.39, 0.29) is 16.4 Å². The number of nitrogens with one attached hydrogen (secondary N) is 2. The molecule has 0 saturated carbocycles. The van der Waals surface area contributed by atoms with E-state index in [2.05, 4.69) is 25.6 Å². The average molecular weight is 569 g/mol. The van der Waals surface area contributed by atoms with E-state index in [0.29, 0.717) is 15.7 Å². The Hall–Kier alpha value is -4.40. The summed E-state index contributed by atoms with van der Waals surface area (Å²) in [6.45, 7) is 1.32. The quantitative estimate of drug-likeness (QED) is 0.244. The third kappa shape index (κ3) is 6.93. The second-order valence-corrected chi connectivity index (χ2v) is 10.4. The standard InChI is InChI=1S/C25H24N6O6S2/c1-16-3-7-19(8-4-16)31(39(34,35)36)22(13-28-23(32)18-11-26-15-27-12-18)24(33)30-25-29-21(14-38-25)17-5-9-20(37-2)10-6-17/h3-12,14-15,22H,13H2,1-2H3,(H,28,32)(H,29,30,33)(H,34,35,36). The van der Waals surface area contributed by atoms with Gasteiger partial charge in [0.1, 0.15) is 18.1 Å². The van der Waals surface area contributed by atoms with Gasteiger partial charge in [-0.15, -0.1) is 11.3 Å². The molecule has 0 bridgehead atoms. The van der Waals surface area contributed by atoms with Crippen LogP contribution in [0, 0.1) is 6.92 Å². The van der Waals surface area contributed by atoms with E-state index < -0.39 is 34.7 Å². The maximum Gasteiger partial charge on any atom is 0.360 e. The highest BCUT2D eigenvalue weighted by atomic mass is 32.2. The lowest BCUT2D eigenvalue weighted by Gasteiger charge is -2.29. The molecule has 0 spiro atoms. The van der Waals surface area contributed by atoms with Crippen LogP contribution in [-0.2, 0) is 15.1 Å². The lowest BCUT2D eigenvalue weighted by atomic mass is 10.2. The Bertz CT molecular complexity index is 1540. The van der Waals surface area contributed by atoms with Crippen molar-refractivity contribution < 1.29 is 27.3 Å². The molecule has 4 rings (SSSR count). The van der Waals surface area contributed by atoms with Crippen molar-refractivity contribution in [2.45, 2.75) is 13.0 Å². The number of amides is 2. The molecular formula is C25H24N6O6S2. The van der Waals surface area contributed by atoms with Crippen LogP contribution in [-0.4, -0.2) is 59.4 Å². The number of benzene rings is 2. The van der Waals surface area contributed by atoms with Crippen molar-refractivity contribution >= 4 is 44.3 Å². The summed E-state index contributed by atoms with van der Waals surface area (Å²) >= 11 is 1.13. The maximum atomic E-state index is 13.5. The predicted octanol–water partition coefficient (Wildman–Crippen LogP) is 2.96. The molecule has 0 fully saturated rings. The van der Waals surface area contributed by atoms with Crippen LogP contribution in [0.1, 0.15) is 15.9 Å². The van der Waals surface area contributed by atoms with Gasteiger partial charge >= 0.3 is 10.3 Å². The van der Waals surface area contributed by atoms with Crippen molar-refractivity contribution in [2.24, 2.45) is 0 Å². The van der Waals surface area contributed by atoms with E-state index in [1.807, 2.05) is 12.1 Å². The molecule has 4 aromatic rings. The molecule has 1 atom stereocenters. The zero-order valence-electron chi connectivity index (χ0n) is 20.8. The molecule has 12 nitrogen and oxygen atoms in total. The Morgan fingerprint density at radius 1 is 1.08 bits per heavy atom. The predicted molar refractivity (Wildman–Crippen MR) is 146 cm³/mol. The van der Waals surface area contributed by atoms with Gasteiger partial charge in [0.25, 0.3) is 11.8 Å². The molecule has 2 aromatic carbocycles. The van der Waals surface area contributed by atoms with Gasteiger partial charge in [0.15, 0.2) is 5.13 Å². The van der Waals surface area contributed by atoms with E-state index in [0.717, 1.165) is 22.5 Å². The molecule has 202 valence electrons. The summed E-state index contributed by atoms with van der Waals surface area (Å²) in [5.74, 6) is -0.784. The van der Waals surface area contributed by atoms with Crippen LogP contribution in [0.5, 0.6) is 5.75 Å². The van der Waals surface area contributed by atoms with Crippen molar-refractivity contribution in [1.82, 2.24) is 20.3 Å². The number of nitrogens with zero attached hydrogens (tertiary/aromatic N) is 4. The van der Waals surface area contributed by atoms with Gasteiger partial charge < -0.3 is 15.4 Å². The van der Waals surface area contributed by atoms with E-state index in [4.69, 9.17) is 4.74 Å². The molecule has 0 saturated heterocycles. The first kappa shape index (κ1) is 27.6. The Morgan fingerprint density at radius 2 is 1.74 bits per heavy atom. The minimum atomic E-state index is -4.96. The summed E-state index contributed by atoms with van der Waals surface area (Å²) < 4.78 is 40.9. The molecule has 0 aliphatic carbocycles. The fourth-order valence-electron chi connectivity index (χ4n) is 3.57. The number of thiazole rings is 1. The molecule has 0 aliphatic rings. The lowest BCUT2D eigenvalue weighted by molar-refractivity contribution is -0.117. The second-order valence-electron chi connectivity index (χ2n) is 8.22. The minimum Gasteiger partial charge on any atom is -0.497 e. The van der Waals surface area contributed by atoms with Gasteiger partial charge in [-0.3, -0.25) is 14.1 Å². The summed E-state index contributed by atoms with van der Waals surface area (Å²) in [5, 5.41) is 7.04. The van der Waals surface area contributed by atoms with Gasteiger partial charge in [-0.1, -0.05) is 17.7 Å². The van der Waals surface area contributed by atoms with Gasteiger partial charge in [0, 0.05) is 29.9 Å². The minimum absolute atomic E-state index is 0.0265. The van der Waals surface area contributed by atoms with Crippen LogP contribution < -0.4 is 19.7 Å². The Morgan fingerprint density at radius 3 is 2.36 bits per heavy atom. The van der Waals surface area contributed by atoms with Gasteiger partial charge in [0.05, 0.1) is 24.1 Å². The van der Waals surface area contributed by atoms with E-state index in [1.54, 1.807) is 43.7 Å². The number of aromatic nitrogens is 3. The van der Waals surface area contributed by atoms with Crippen molar-refractivity contribution in [3.05, 3.63) is 83.8 Å². The van der Waals surface area contributed by atoms with Crippen LogP contribution in [0.2, 0.25) is 0 Å². The van der Waals surface area contributed by atoms with Gasteiger partial charge in [-0.2, -0.15) is 8.42 Å². The average Bonchev–Trinajstić information content (AvgIpc) is 3.39. The van der Waals surface area contributed by atoms with Crippen molar-refractivity contribution in [1.29, 1.82) is 0 Å². The first-order valence-corrected chi connectivity index (χ1v) is 13.7. The maximum absolute atomic E-state index is 13.5. The molecule has 2 aromatic heterocycles. The summed E-state index contributed by atoms with van der Waals surface area (Å²) in [4.78, 5) is 38.1. The van der Waals surface area contributed by atoms with Crippen LogP contribution in [0.15, 0.2) is 72.6 Å². The van der Waals surface area contributed by atoms with E-state index in [9.17, 15) is 22.6 Å². The fourth-order valence-corrected chi connectivity index (χ4v) is 5.17. The Kier molecular flexibility index (Phi) is 8.49. The monoisotopic (exact) mass is 568 g/mol. The van der Waals surface area contributed by atoms with Crippen LogP contribution in [0.4, 0.5) is 10.8 Å². The number of anilines is 2. The van der Waals surface area contributed by atoms with Gasteiger partial charge in [0.2, 0.25) is 0 Å². The van der Waals surface area contributed by atoms with Crippen LogP contribution >= 0.6 is 11.3 Å². The molecule has 2 heterocycles.